The SMILES string of the molecule is c1ccc(-c2ccc(-c3cc(-c4cccc5sc6cccc(-c7nc8ccccc8n7-c7ccccc7)c6c45)nc(-c4cccc(-c5ccccc5)c4)n3)cc2)cc1. The van der Waals surface area contributed by atoms with E-state index in [1.54, 1.807) is 0 Å². The second-order valence-corrected chi connectivity index (χ2v) is 15.5. The van der Waals surface area contributed by atoms with E-state index in [-0.39, 0.29) is 0 Å². The maximum absolute atomic E-state index is 5.41. The van der Waals surface area contributed by atoms with Crippen molar-refractivity contribution in [1.29, 1.82) is 0 Å². The molecule has 0 saturated heterocycles. The fraction of sp³-hybridized carbons (Fsp3) is 0. The summed E-state index contributed by atoms with van der Waals surface area (Å²) in [7, 11) is 0. The number of imidazole rings is 1. The van der Waals surface area contributed by atoms with E-state index in [1.165, 1.54) is 20.3 Å². The Bertz CT molecular complexity index is 3260. The minimum atomic E-state index is 0.681. The van der Waals surface area contributed by atoms with E-state index < -0.39 is 0 Å². The molecule has 0 aliphatic carbocycles. The Labute approximate surface area is 340 Å². The fourth-order valence-corrected chi connectivity index (χ4v) is 9.26. The van der Waals surface area contributed by atoms with E-state index in [0.29, 0.717) is 5.82 Å². The van der Waals surface area contributed by atoms with Crippen LogP contribution in [0.5, 0.6) is 0 Å². The highest BCUT2D eigenvalue weighted by atomic mass is 32.1. The van der Waals surface area contributed by atoms with Crippen molar-refractivity contribution in [1.82, 2.24) is 19.5 Å². The van der Waals surface area contributed by atoms with Crippen molar-refractivity contribution in [3.8, 4) is 73.2 Å². The third-order valence-corrected chi connectivity index (χ3v) is 12.0. The third-order valence-electron chi connectivity index (χ3n) is 10.9. The molecular weight excluding hydrogens is 725 g/mol. The monoisotopic (exact) mass is 758 g/mol. The highest BCUT2D eigenvalue weighted by molar-refractivity contribution is 7.26. The molecule has 11 aromatic rings. The van der Waals surface area contributed by atoms with E-state index >= 15 is 0 Å². The number of nitrogens with zero attached hydrogens (tertiary/aromatic N) is 4. The van der Waals surface area contributed by atoms with Crippen molar-refractivity contribution in [3.05, 3.63) is 206 Å². The minimum absolute atomic E-state index is 0.681. The number of fused-ring (bicyclic) bond motifs is 4. The molecule has 5 heteroatoms. The van der Waals surface area contributed by atoms with Gasteiger partial charge in [0.1, 0.15) is 5.82 Å². The summed E-state index contributed by atoms with van der Waals surface area (Å²) in [6, 6.07) is 72.5. The van der Waals surface area contributed by atoms with E-state index in [1.807, 2.05) is 23.5 Å². The van der Waals surface area contributed by atoms with Gasteiger partial charge in [0.05, 0.1) is 22.4 Å². The van der Waals surface area contributed by atoms with Crippen molar-refractivity contribution < 1.29 is 0 Å². The summed E-state index contributed by atoms with van der Waals surface area (Å²) in [5, 5.41) is 2.34. The molecule has 58 heavy (non-hydrogen) atoms. The van der Waals surface area contributed by atoms with Gasteiger partial charge in [-0.25, -0.2) is 15.0 Å². The molecule has 0 bridgehead atoms. The van der Waals surface area contributed by atoms with Crippen molar-refractivity contribution in [2.45, 2.75) is 0 Å². The molecule has 272 valence electrons. The Morgan fingerprint density at radius 1 is 0.362 bits per heavy atom. The van der Waals surface area contributed by atoms with Crippen LogP contribution >= 0.6 is 11.3 Å². The Balaban J connectivity index is 1.14. The maximum atomic E-state index is 5.41. The normalized spacial score (nSPS) is 11.4. The zero-order valence-corrected chi connectivity index (χ0v) is 32.1. The number of benzene rings is 8. The summed E-state index contributed by atoms with van der Waals surface area (Å²) in [6.45, 7) is 0. The number of aromatic nitrogens is 4. The summed E-state index contributed by atoms with van der Waals surface area (Å²) in [5.41, 5.74) is 13.6. The molecule has 3 heterocycles. The standard InChI is InChI=1S/C53H34N4S/c1-4-15-35(16-5-1)37-29-31-38(32-30-37)45-34-46(55-52(54-45)40-20-12-19-39(33-40)36-17-6-2-7-18-36)42-23-13-27-48-50(42)51-43(24-14-28-49(51)58-48)53-56-44-25-10-11-26-47(44)57(53)41-21-8-3-9-22-41/h1-34H. The number of hydrogen-bond donors (Lipinski definition) is 0. The molecule has 0 fully saturated rings. The highest BCUT2D eigenvalue weighted by Crippen LogP contribution is 2.45. The van der Waals surface area contributed by atoms with Gasteiger partial charge in [-0.2, -0.15) is 0 Å². The van der Waals surface area contributed by atoms with Gasteiger partial charge in [0.2, 0.25) is 0 Å². The van der Waals surface area contributed by atoms with E-state index in [4.69, 9.17) is 15.0 Å². The lowest BCUT2D eigenvalue weighted by molar-refractivity contribution is 1.11. The van der Waals surface area contributed by atoms with Crippen LogP contribution in [0, 0.1) is 0 Å². The molecule has 0 aliphatic rings. The molecule has 0 unspecified atom stereocenters. The predicted octanol–water partition coefficient (Wildman–Crippen LogP) is 14.2. The predicted molar refractivity (Wildman–Crippen MR) is 242 cm³/mol. The molecule has 0 spiro atoms. The molecule has 4 nitrogen and oxygen atoms in total. The lowest BCUT2D eigenvalue weighted by atomic mass is 9.98. The second kappa shape index (κ2) is 14.2. The third kappa shape index (κ3) is 5.97. The van der Waals surface area contributed by atoms with Crippen LogP contribution in [0.1, 0.15) is 0 Å². The van der Waals surface area contributed by atoms with Crippen LogP contribution in [0.15, 0.2) is 206 Å². The van der Waals surface area contributed by atoms with Crippen LogP contribution in [-0.2, 0) is 0 Å². The van der Waals surface area contributed by atoms with Crippen LogP contribution in [0.4, 0.5) is 0 Å². The summed E-state index contributed by atoms with van der Waals surface area (Å²) >= 11 is 1.81. The molecular formula is C53H34N4S. The van der Waals surface area contributed by atoms with Gasteiger partial charge in [0.25, 0.3) is 0 Å². The first-order chi connectivity index (χ1) is 28.7. The zero-order chi connectivity index (χ0) is 38.4. The van der Waals surface area contributed by atoms with Crippen molar-refractivity contribution in [2.24, 2.45) is 0 Å². The largest absolute Gasteiger partial charge is 0.292 e. The van der Waals surface area contributed by atoms with Gasteiger partial charge in [0.15, 0.2) is 5.82 Å². The summed E-state index contributed by atoms with van der Waals surface area (Å²) in [5.74, 6) is 1.59. The quantitative estimate of drug-likeness (QED) is 0.163. The van der Waals surface area contributed by atoms with Gasteiger partial charge in [-0.15, -0.1) is 11.3 Å². The molecule has 8 aromatic carbocycles. The summed E-state index contributed by atoms with van der Waals surface area (Å²) in [6.07, 6.45) is 0. The molecule has 0 atom stereocenters. The van der Waals surface area contributed by atoms with Gasteiger partial charge in [-0.1, -0.05) is 158 Å². The maximum Gasteiger partial charge on any atom is 0.160 e. The van der Waals surface area contributed by atoms with Crippen molar-refractivity contribution >= 4 is 42.5 Å². The van der Waals surface area contributed by atoms with Crippen molar-refractivity contribution in [2.75, 3.05) is 0 Å². The zero-order valence-electron chi connectivity index (χ0n) is 31.3. The molecule has 0 saturated carbocycles. The number of para-hydroxylation sites is 3. The van der Waals surface area contributed by atoms with Gasteiger partial charge in [-0.05, 0) is 70.8 Å². The first kappa shape index (κ1) is 33.8. The van der Waals surface area contributed by atoms with Crippen LogP contribution in [-0.4, -0.2) is 19.5 Å². The molecule has 0 N–H and O–H groups in total. The molecule has 11 rings (SSSR count). The number of hydrogen-bond acceptors (Lipinski definition) is 4. The van der Waals surface area contributed by atoms with E-state index in [2.05, 4.69) is 199 Å². The van der Waals surface area contributed by atoms with E-state index in [0.717, 1.165) is 78.3 Å². The number of rotatable bonds is 7. The average molecular weight is 759 g/mol. The highest BCUT2D eigenvalue weighted by Gasteiger charge is 2.22. The Kier molecular flexibility index (Phi) is 8.30. The Morgan fingerprint density at radius 2 is 0.897 bits per heavy atom. The van der Waals surface area contributed by atoms with Gasteiger partial charge in [0, 0.05) is 48.1 Å². The van der Waals surface area contributed by atoms with Gasteiger partial charge in [-0.3, -0.25) is 4.57 Å². The first-order valence-electron chi connectivity index (χ1n) is 19.4. The minimum Gasteiger partial charge on any atom is -0.292 e. The summed E-state index contributed by atoms with van der Waals surface area (Å²) in [4.78, 5) is 16.0. The lowest BCUT2D eigenvalue weighted by Crippen LogP contribution is -1.98. The molecule has 0 amide bonds. The first-order valence-corrected chi connectivity index (χ1v) is 20.3. The van der Waals surface area contributed by atoms with Crippen LogP contribution < -0.4 is 0 Å². The van der Waals surface area contributed by atoms with Crippen LogP contribution in [0.3, 0.4) is 0 Å². The smallest absolute Gasteiger partial charge is 0.160 e. The van der Waals surface area contributed by atoms with E-state index in [9.17, 15) is 0 Å². The average Bonchev–Trinajstić information content (AvgIpc) is 3.89. The number of thiophene rings is 1. The van der Waals surface area contributed by atoms with Crippen LogP contribution in [0.25, 0.3) is 104 Å². The second-order valence-electron chi connectivity index (χ2n) is 14.4. The van der Waals surface area contributed by atoms with Gasteiger partial charge >= 0.3 is 0 Å². The lowest BCUT2D eigenvalue weighted by Gasteiger charge is -2.13. The fourth-order valence-electron chi connectivity index (χ4n) is 8.11. The topological polar surface area (TPSA) is 43.6 Å². The molecule has 0 aliphatic heterocycles. The van der Waals surface area contributed by atoms with Gasteiger partial charge < -0.3 is 0 Å². The summed E-state index contributed by atoms with van der Waals surface area (Å²) < 4.78 is 4.69. The molecule has 0 radical (unpaired) electrons. The Hall–Kier alpha value is -7.47. The van der Waals surface area contributed by atoms with Crippen LogP contribution in [0.2, 0.25) is 0 Å². The van der Waals surface area contributed by atoms with Crippen molar-refractivity contribution in [3.63, 3.8) is 0 Å². The molecule has 3 aromatic heterocycles. The Morgan fingerprint density at radius 3 is 1.64 bits per heavy atom.